The molecule has 4 heterocycles. The molecule has 2 aromatic heterocycles. The lowest BCUT2D eigenvalue weighted by atomic mass is 9.99. The SMILES string of the molecule is Cn1cc2c(n1)-c1c3c(nn1CC2)CCN(C(=O)c1ccc(Cl)c(Cl)c1)C3. The van der Waals surface area contributed by atoms with E-state index >= 15 is 0 Å². The van der Waals surface area contributed by atoms with Gasteiger partial charge in [-0.25, -0.2) is 0 Å². The summed E-state index contributed by atoms with van der Waals surface area (Å²) in [7, 11) is 1.94. The molecule has 0 bridgehead atoms. The second-order valence-electron chi connectivity index (χ2n) is 7.03. The van der Waals surface area contributed by atoms with Crippen molar-refractivity contribution in [3.63, 3.8) is 0 Å². The van der Waals surface area contributed by atoms with E-state index < -0.39 is 0 Å². The summed E-state index contributed by atoms with van der Waals surface area (Å²) in [6.45, 7) is 2.01. The summed E-state index contributed by atoms with van der Waals surface area (Å²) in [6, 6.07) is 5.01. The maximum Gasteiger partial charge on any atom is 0.254 e. The number of hydrogen-bond acceptors (Lipinski definition) is 3. The van der Waals surface area contributed by atoms with Crippen LogP contribution in [-0.4, -0.2) is 36.9 Å². The van der Waals surface area contributed by atoms with E-state index in [4.69, 9.17) is 28.3 Å². The molecule has 2 aliphatic heterocycles. The molecule has 0 saturated carbocycles. The quantitative estimate of drug-likeness (QED) is 0.628. The van der Waals surface area contributed by atoms with Crippen LogP contribution in [0.2, 0.25) is 10.0 Å². The van der Waals surface area contributed by atoms with Gasteiger partial charge in [-0.05, 0) is 24.6 Å². The van der Waals surface area contributed by atoms with E-state index in [1.807, 2.05) is 21.3 Å². The number of benzene rings is 1. The van der Waals surface area contributed by atoms with Crippen molar-refractivity contribution < 1.29 is 4.79 Å². The number of aryl methyl sites for hydroxylation is 3. The molecule has 2 aliphatic rings. The first-order valence-electron chi connectivity index (χ1n) is 8.87. The average Bonchev–Trinajstić information content (AvgIpc) is 3.21. The van der Waals surface area contributed by atoms with Gasteiger partial charge >= 0.3 is 0 Å². The van der Waals surface area contributed by atoms with Gasteiger partial charge in [0.15, 0.2) is 0 Å². The predicted molar refractivity (Wildman–Crippen MR) is 103 cm³/mol. The molecule has 3 aromatic rings. The third kappa shape index (κ3) is 2.66. The third-order valence-electron chi connectivity index (χ3n) is 5.28. The highest BCUT2D eigenvalue weighted by molar-refractivity contribution is 6.42. The smallest absolute Gasteiger partial charge is 0.254 e. The van der Waals surface area contributed by atoms with Crippen LogP contribution >= 0.6 is 23.2 Å². The average molecular weight is 402 g/mol. The first kappa shape index (κ1) is 16.8. The second-order valence-corrected chi connectivity index (χ2v) is 7.84. The van der Waals surface area contributed by atoms with Crippen LogP contribution in [0.4, 0.5) is 0 Å². The zero-order valence-corrected chi connectivity index (χ0v) is 16.3. The Morgan fingerprint density at radius 3 is 2.78 bits per heavy atom. The Hall–Kier alpha value is -2.31. The molecule has 0 atom stereocenters. The van der Waals surface area contributed by atoms with Crippen molar-refractivity contribution in [2.45, 2.75) is 25.9 Å². The Bertz CT molecular complexity index is 1080. The molecular formula is C19H17Cl2N5O. The van der Waals surface area contributed by atoms with Crippen molar-refractivity contribution in [1.82, 2.24) is 24.5 Å². The van der Waals surface area contributed by atoms with Gasteiger partial charge in [0, 0.05) is 49.4 Å². The fraction of sp³-hybridized carbons (Fsp3) is 0.316. The number of aromatic nitrogens is 4. The number of fused-ring (bicyclic) bond motifs is 5. The van der Waals surface area contributed by atoms with E-state index in [1.54, 1.807) is 18.2 Å². The molecule has 0 fully saturated rings. The number of carbonyl (C=O) groups excluding carboxylic acids is 1. The number of hydrogen-bond donors (Lipinski definition) is 0. The monoisotopic (exact) mass is 401 g/mol. The number of carbonyl (C=O) groups is 1. The Labute approximate surface area is 166 Å². The summed E-state index contributed by atoms with van der Waals surface area (Å²) >= 11 is 12.1. The highest BCUT2D eigenvalue weighted by Gasteiger charge is 2.32. The normalized spacial score (nSPS) is 15.3. The van der Waals surface area contributed by atoms with Gasteiger partial charge in [-0.15, -0.1) is 0 Å². The number of amides is 1. The Kier molecular flexibility index (Phi) is 3.81. The summed E-state index contributed by atoms with van der Waals surface area (Å²) in [6.07, 6.45) is 3.74. The number of rotatable bonds is 1. The van der Waals surface area contributed by atoms with Gasteiger partial charge in [0.05, 0.1) is 28.0 Å². The standard InChI is InChI=1S/C19H17Cl2N5O/c1-24-9-12-4-7-26-18(17(12)23-24)13-10-25(6-5-16(13)22-26)19(27)11-2-3-14(20)15(21)8-11/h2-3,8-9H,4-7,10H2,1H3. The second kappa shape index (κ2) is 6.11. The summed E-state index contributed by atoms with van der Waals surface area (Å²) in [5.74, 6) is -0.0452. The molecule has 138 valence electrons. The lowest BCUT2D eigenvalue weighted by molar-refractivity contribution is 0.0734. The highest BCUT2D eigenvalue weighted by Crippen LogP contribution is 2.35. The molecule has 0 saturated heterocycles. The third-order valence-corrected chi connectivity index (χ3v) is 6.02. The molecule has 0 unspecified atom stereocenters. The van der Waals surface area contributed by atoms with Crippen LogP contribution < -0.4 is 0 Å². The molecule has 1 aromatic carbocycles. The number of halogens is 2. The van der Waals surface area contributed by atoms with Gasteiger partial charge in [0.1, 0.15) is 5.69 Å². The zero-order valence-electron chi connectivity index (χ0n) is 14.7. The van der Waals surface area contributed by atoms with Crippen molar-refractivity contribution in [1.29, 1.82) is 0 Å². The molecule has 0 radical (unpaired) electrons. The van der Waals surface area contributed by atoms with Gasteiger partial charge in [-0.3, -0.25) is 14.2 Å². The Morgan fingerprint density at radius 2 is 1.96 bits per heavy atom. The fourth-order valence-corrected chi connectivity index (χ4v) is 4.28. The minimum atomic E-state index is -0.0452. The maximum absolute atomic E-state index is 13.0. The first-order chi connectivity index (χ1) is 13.0. The first-order valence-corrected chi connectivity index (χ1v) is 9.62. The molecule has 8 heteroatoms. The number of nitrogens with zero attached hydrogens (tertiary/aromatic N) is 5. The molecular weight excluding hydrogens is 385 g/mol. The van der Waals surface area contributed by atoms with E-state index in [9.17, 15) is 4.79 Å². The summed E-state index contributed by atoms with van der Waals surface area (Å²) in [4.78, 5) is 14.8. The van der Waals surface area contributed by atoms with Gasteiger partial charge in [0.2, 0.25) is 0 Å². The van der Waals surface area contributed by atoms with Gasteiger partial charge < -0.3 is 4.90 Å². The van der Waals surface area contributed by atoms with E-state index in [2.05, 4.69) is 11.3 Å². The molecule has 6 nitrogen and oxygen atoms in total. The summed E-state index contributed by atoms with van der Waals surface area (Å²) in [5, 5.41) is 10.3. The summed E-state index contributed by atoms with van der Waals surface area (Å²) in [5.41, 5.74) is 6.00. The van der Waals surface area contributed by atoms with Crippen molar-refractivity contribution in [2.24, 2.45) is 7.05 Å². The molecule has 5 rings (SSSR count). The van der Waals surface area contributed by atoms with Crippen LogP contribution in [0, 0.1) is 0 Å². The van der Waals surface area contributed by atoms with Crippen LogP contribution in [0.15, 0.2) is 24.4 Å². The molecule has 1 amide bonds. The van der Waals surface area contributed by atoms with Gasteiger partial charge in [0.25, 0.3) is 5.91 Å². The minimum absolute atomic E-state index is 0.0452. The Balaban J connectivity index is 1.51. The molecule has 0 N–H and O–H groups in total. The van der Waals surface area contributed by atoms with Crippen LogP contribution in [-0.2, 0) is 33.0 Å². The maximum atomic E-state index is 13.0. The van der Waals surface area contributed by atoms with E-state index in [-0.39, 0.29) is 5.91 Å². The van der Waals surface area contributed by atoms with E-state index in [0.29, 0.717) is 28.7 Å². The van der Waals surface area contributed by atoms with Crippen molar-refractivity contribution in [2.75, 3.05) is 6.54 Å². The Morgan fingerprint density at radius 1 is 1.11 bits per heavy atom. The molecule has 27 heavy (non-hydrogen) atoms. The zero-order chi connectivity index (χ0) is 18.7. The topological polar surface area (TPSA) is 56.0 Å². The van der Waals surface area contributed by atoms with Crippen LogP contribution in [0.1, 0.15) is 27.2 Å². The minimum Gasteiger partial charge on any atom is -0.334 e. The van der Waals surface area contributed by atoms with Gasteiger partial charge in [-0.2, -0.15) is 10.2 Å². The fourth-order valence-electron chi connectivity index (χ4n) is 3.98. The molecule has 0 aliphatic carbocycles. The van der Waals surface area contributed by atoms with Crippen LogP contribution in [0.5, 0.6) is 0 Å². The lowest BCUT2D eigenvalue weighted by Gasteiger charge is -2.27. The lowest BCUT2D eigenvalue weighted by Crippen LogP contribution is -2.36. The van der Waals surface area contributed by atoms with E-state index in [0.717, 1.165) is 42.0 Å². The van der Waals surface area contributed by atoms with Crippen molar-refractivity contribution >= 4 is 29.1 Å². The highest BCUT2D eigenvalue weighted by atomic mass is 35.5. The largest absolute Gasteiger partial charge is 0.334 e. The van der Waals surface area contributed by atoms with Crippen LogP contribution in [0.3, 0.4) is 0 Å². The van der Waals surface area contributed by atoms with E-state index in [1.165, 1.54) is 5.56 Å². The van der Waals surface area contributed by atoms with Crippen LogP contribution in [0.25, 0.3) is 11.4 Å². The van der Waals surface area contributed by atoms with Gasteiger partial charge in [-0.1, -0.05) is 23.2 Å². The molecule has 0 spiro atoms. The van der Waals surface area contributed by atoms with Crippen molar-refractivity contribution in [3.8, 4) is 11.4 Å². The predicted octanol–water partition coefficient (Wildman–Crippen LogP) is 3.35. The van der Waals surface area contributed by atoms with Crippen molar-refractivity contribution in [3.05, 3.63) is 56.8 Å². The summed E-state index contributed by atoms with van der Waals surface area (Å²) < 4.78 is 3.90.